The quantitative estimate of drug-likeness (QED) is 0.907. The minimum absolute atomic E-state index is 0.108. The molecule has 2 aromatic rings. The molecule has 0 bridgehead atoms. The van der Waals surface area contributed by atoms with Crippen molar-refractivity contribution < 1.29 is 4.79 Å². The predicted octanol–water partition coefficient (Wildman–Crippen LogP) is 2.04. The van der Waals surface area contributed by atoms with E-state index in [9.17, 15) is 4.79 Å². The molecular formula is C17H22N4O. The normalized spacial score (nSPS) is 21.0. The third-order valence-electron chi connectivity index (χ3n) is 4.40. The van der Waals surface area contributed by atoms with E-state index in [1.165, 1.54) is 0 Å². The van der Waals surface area contributed by atoms with Crippen LogP contribution in [0.1, 0.15) is 35.4 Å². The van der Waals surface area contributed by atoms with Gasteiger partial charge in [0.05, 0.1) is 5.69 Å². The first kappa shape index (κ1) is 14.8. The van der Waals surface area contributed by atoms with Gasteiger partial charge in [-0.1, -0.05) is 24.6 Å². The number of hydrogen-bond donors (Lipinski definition) is 2. The topological polar surface area (TPSA) is 72.9 Å². The van der Waals surface area contributed by atoms with Gasteiger partial charge in [0.15, 0.2) is 5.69 Å². The first-order chi connectivity index (χ1) is 10.7. The molecule has 0 saturated heterocycles. The van der Waals surface area contributed by atoms with E-state index in [2.05, 4.69) is 10.4 Å². The number of aromatic nitrogens is 2. The van der Waals surface area contributed by atoms with E-state index < -0.39 is 0 Å². The third-order valence-corrected chi connectivity index (χ3v) is 4.40. The molecule has 1 aromatic carbocycles. The lowest BCUT2D eigenvalue weighted by Crippen LogP contribution is -2.40. The summed E-state index contributed by atoms with van der Waals surface area (Å²) in [4.78, 5) is 12.4. The second-order valence-electron chi connectivity index (χ2n) is 5.92. The molecule has 0 aliphatic heterocycles. The second-order valence-corrected chi connectivity index (χ2v) is 5.92. The van der Waals surface area contributed by atoms with E-state index in [0.717, 1.165) is 30.6 Å². The molecule has 1 aromatic heterocycles. The number of benzene rings is 1. The molecule has 1 fully saturated rings. The number of hydrogen-bond acceptors (Lipinski definition) is 3. The van der Waals surface area contributed by atoms with Crippen LogP contribution in [-0.4, -0.2) is 28.3 Å². The van der Waals surface area contributed by atoms with Gasteiger partial charge < -0.3 is 11.1 Å². The monoisotopic (exact) mass is 298 g/mol. The Balaban J connectivity index is 1.77. The van der Waals surface area contributed by atoms with Crippen LogP contribution >= 0.6 is 0 Å². The molecule has 1 amide bonds. The number of para-hydroxylation sites is 1. The first-order valence-electron chi connectivity index (χ1n) is 7.82. The van der Waals surface area contributed by atoms with E-state index in [-0.39, 0.29) is 11.9 Å². The Morgan fingerprint density at radius 1 is 1.36 bits per heavy atom. The average molecular weight is 298 g/mol. The zero-order chi connectivity index (χ0) is 15.5. The van der Waals surface area contributed by atoms with Gasteiger partial charge in [-0.2, -0.15) is 5.10 Å². The molecule has 1 aliphatic carbocycles. The molecule has 0 spiro atoms. The van der Waals surface area contributed by atoms with Gasteiger partial charge >= 0.3 is 0 Å². The Hall–Kier alpha value is -2.14. The summed E-state index contributed by atoms with van der Waals surface area (Å²) in [5.74, 6) is 0.282. The first-order valence-corrected chi connectivity index (χ1v) is 7.82. The van der Waals surface area contributed by atoms with Crippen molar-refractivity contribution in [2.45, 2.75) is 32.2 Å². The Morgan fingerprint density at radius 2 is 2.14 bits per heavy atom. The number of nitrogens with zero attached hydrogens (tertiary/aromatic N) is 2. The van der Waals surface area contributed by atoms with Crippen molar-refractivity contribution in [3.8, 4) is 5.69 Å². The molecule has 3 rings (SSSR count). The van der Waals surface area contributed by atoms with Gasteiger partial charge in [-0.15, -0.1) is 0 Å². The van der Waals surface area contributed by atoms with E-state index in [1.807, 2.05) is 43.3 Å². The van der Waals surface area contributed by atoms with Gasteiger partial charge in [0, 0.05) is 11.7 Å². The summed E-state index contributed by atoms with van der Waals surface area (Å²) >= 11 is 0. The van der Waals surface area contributed by atoms with Crippen LogP contribution in [0.25, 0.3) is 5.69 Å². The van der Waals surface area contributed by atoms with Crippen molar-refractivity contribution in [3.05, 3.63) is 47.8 Å². The van der Waals surface area contributed by atoms with Gasteiger partial charge in [-0.05, 0) is 50.4 Å². The fourth-order valence-corrected chi connectivity index (χ4v) is 3.17. The molecule has 1 heterocycles. The molecule has 1 aliphatic rings. The molecule has 1 saturated carbocycles. The van der Waals surface area contributed by atoms with Crippen LogP contribution in [0, 0.1) is 12.8 Å². The molecule has 5 nitrogen and oxygen atoms in total. The van der Waals surface area contributed by atoms with E-state index in [0.29, 0.717) is 18.2 Å². The van der Waals surface area contributed by atoms with E-state index in [4.69, 9.17) is 5.73 Å². The van der Waals surface area contributed by atoms with Crippen LogP contribution in [-0.2, 0) is 0 Å². The van der Waals surface area contributed by atoms with E-state index in [1.54, 1.807) is 4.68 Å². The highest BCUT2D eigenvalue weighted by Crippen LogP contribution is 2.25. The van der Waals surface area contributed by atoms with Crippen molar-refractivity contribution in [2.24, 2.45) is 11.7 Å². The van der Waals surface area contributed by atoms with Crippen molar-refractivity contribution in [1.29, 1.82) is 0 Å². The van der Waals surface area contributed by atoms with Gasteiger partial charge in [-0.25, -0.2) is 4.68 Å². The van der Waals surface area contributed by atoms with Crippen LogP contribution in [0.4, 0.5) is 0 Å². The van der Waals surface area contributed by atoms with Crippen LogP contribution in [0.3, 0.4) is 0 Å². The highest BCUT2D eigenvalue weighted by molar-refractivity contribution is 5.92. The van der Waals surface area contributed by atoms with Gasteiger partial charge in [0.2, 0.25) is 0 Å². The van der Waals surface area contributed by atoms with Crippen molar-refractivity contribution in [3.63, 3.8) is 0 Å². The zero-order valence-electron chi connectivity index (χ0n) is 12.8. The molecular weight excluding hydrogens is 276 g/mol. The number of carbonyl (C=O) groups excluding carboxylic acids is 1. The summed E-state index contributed by atoms with van der Waals surface area (Å²) in [6, 6.07) is 11.8. The summed E-state index contributed by atoms with van der Waals surface area (Å²) in [5, 5.41) is 7.54. The number of rotatable bonds is 4. The van der Waals surface area contributed by atoms with Crippen LogP contribution < -0.4 is 11.1 Å². The molecule has 5 heteroatoms. The van der Waals surface area contributed by atoms with Gasteiger partial charge in [0.25, 0.3) is 5.91 Å². The standard InChI is InChI=1S/C17H22N4O/c1-12-10-16(20-21(12)14-7-3-2-4-8-14)17(22)19-15-9-5-6-13(15)11-18/h2-4,7-8,10,13,15H,5-6,9,11,18H2,1H3,(H,19,22). The smallest absolute Gasteiger partial charge is 0.272 e. The number of aryl methyl sites for hydroxylation is 1. The van der Waals surface area contributed by atoms with Crippen LogP contribution in [0.15, 0.2) is 36.4 Å². The lowest BCUT2D eigenvalue weighted by atomic mass is 10.0. The molecule has 2 unspecified atom stereocenters. The highest BCUT2D eigenvalue weighted by atomic mass is 16.2. The Morgan fingerprint density at radius 3 is 2.86 bits per heavy atom. The summed E-state index contributed by atoms with van der Waals surface area (Å²) in [7, 11) is 0. The molecule has 0 radical (unpaired) electrons. The molecule has 22 heavy (non-hydrogen) atoms. The zero-order valence-corrected chi connectivity index (χ0v) is 12.8. The summed E-state index contributed by atoms with van der Waals surface area (Å²) in [6.07, 6.45) is 3.23. The maximum atomic E-state index is 12.4. The number of nitrogens with two attached hydrogens (primary N) is 1. The maximum absolute atomic E-state index is 12.4. The Bertz CT molecular complexity index is 650. The van der Waals surface area contributed by atoms with Crippen molar-refractivity contribution in [1.82, 2.24) is 15.1 Å². The lowest BCUT2D eigenvalue weighted by Gasteiger charge is -2.18. The summed E-state index contributed by atoms with van der Waals surface area (Å²) in [6.45, 7) is 2.58. The highest BCUT2D eigenvalue weighted by Gasteiger charge is 2.28. The van der Waals surface area contributed by atoms with Gasteiger partial charge in [-0.3, -0.25) is 4.79 Å². The number of nitrogens with one attached hydrogen (secondary N) is 1. The largest absolute Gasteiger partial charge is 0.348 e. The summed E-state index contributed by atoms with van der Waals surface area (Å²) in [5.41, 5.74) is 8.13. The number of carbonyl (C=O) groups is 1. The van der Waals surface area contributed by atoms with Crippen molar-refractivity contribution in [2.75, 3.05) is 6.54 Å². The van der Waals surface area contributed by atoms with E-state index >= 15 is 0 Å². The Kier molecular flexibility index (Phi) is 4.24. The fraction of sp³-hybridized carbons (Fsp3) is 0.412. The third kappa shape index (κ3) is 2.90. The van der Waals surface area contributed by atoms with Gasteiger partial charge in [0.1, 0.15) is 0 Å². The maximum Gasteiger partial charge on any atom is 0.272 e. The minimum atomic E-state index is -0.108. The fourth-order valence-electron chi connectivity index (χ4n) is 3.17. The SMILES string of the molecule is Cc1cc(C(=O)NC2CCCC2CN)nn1-c1ccccc1. The number of amides is 1. The van der Waals surface area contributed by atoms with Crippen LogP contribution in [0.5, 0.6) is 0 Å². The lowest BCUT2D eigenvalue weighted by molar-refractivity contribution is 0.0923. The minimum Gasteiger partial charge on any atom is -0.348 e. The average Bonchev–Trinajstić information content (AvgIpc) is 3.14. The predicted molar refractivity (Wildman–Crippen MR) is 86.0 cm³/mol. The molecule has 2 atom stereocenters. The molecule has 3 N–H and O–H groups in total. The Labute approximate surface area is 130 Å². The molecule has 116 valence electrons. The van der Waals surface area contributed by atoms with Crippen molar-refractivity contribution >= 4 is 5.91 Å². The summed E-state index contributed by atoms with van der Waals surface area (Å²) < 4.78 is 1.80. The second kappa shape index (κ2) is 6.32. The van der Waals surface area contributed by atoms with Crippen LogP contribution in [0.2, 0.25) is 0 Å².